The molecular weight excluding hydrogens is 276 g/mol. The lowest BCUT2D eigenvalue weighted by atomic mass is 9.88. The predicted octanol–water partition coefficient (Wildman–Crippen LogP) is 0.260. The zero-order valence-corrected chi connectivity index (χ0v) is 12.7. The number of rotatable bonds is 7. The van der Waals surface area contributed by atoms with E-state index in [0.717, 1.165) is 6.42 Å². The molecule has 3 unspecified atom stereocenters. The Morgan fingerprint density at radius 1 is 1.19 bits per heavy atom. The van der Waals surface area contributed by atoms with Crippen LogP contribution in [0.3, 0.4) is 0 Å². The highest BCUT2D eigenvalue weighted by atomic mass is 16.4. The van der Waals surface area contributed by atoms with E-state index in [-0.39, 0.29) is 31.5 Å². The summed E-state index contributed by atoms with van der Waals surface area (Å²) in [7, 11) is 0. The van der Waals surface area contributed by atoms with Crippen molar-refractivity contribution in [1.82, 2.24) is 10.2 Å². The number of β-amino-alcohol motifs (C(OH)–C–C–N with tert-alkyl or cyclic N) is 2. The first-order chi connectivity index (χ1) is 9.81. The number of nitrogens with zero attached hydrogens (tertiary/aromatic N) is 1. The number of carboxylic acid groups (broad SMARTS) is 1. The van der Waals surface area contributed by atoms with Crippen LogP contribution in [0.2, 0.25) is 0 Å². The van der Waals surface area contributed by atoms with Crippen LogP contribution < -0.4 is 5.32 Å². The van der Waals surface area contributed by atoms with E-state index in [2.05, 4.69) is 5.32 Å². The molecule has 0 spiro atoms. The zero-order chi connectivity index (χ0) is 16.0. The first-order valence-electron chi connectivity index (χ1n) is 7.42. The third kappa shape index (κ3) is 5.89. The fraction of sp³-hybridized carbons (Fsp3) is 0.857. The highest BCUT2D eigenvalue weighted by Crippen LogP contribution is 2.20. The van der Waals surface area contributed by atoms with Gasteiger partial charge in [-0.3, -0.25) is 4.79 Å². The van der Waals surface area contributed by atoms with Crippen molar-refractivity contribution in [2.45, 2.75) is 45.3 Å². The lowest BCUT2D eigenvalue weighted by molar-refractivity contribution is -0.137. The molecular formula is C14H26N2O5. The summed E-state index contributed by atoms with van der Waals surface area (Å²) in [5.41, 5.74) is 0. The lowest BCUT2D eigenvalue weighted by Gasteiger charge is -2.21. The summed E-state index contributed by atoms with van der Waals surface area (Å²) in [6.07, 6.45) is -0.300. The molecule has 2 amide bonds. The molecule has 4 N–H and O–H groups in total. The monoisotopic (exact) mass is 302 g/mol. The fourth-order valence-corrected chi connectivity index (χ4v) is 2.53. The Hall–Kier alpha value is -1.34. The van der Waals surface area contributed by atoms with E-state index >= 15 is 0 Å². The highest BCUT2D eigenvalue weighted by molar-refractivity contribution is 5.74. The third-order valence-electron chi connectivity index (χ3n) is 4.01. The highest BCUT2D eigenvalue weighted by Gasteiger charge is 2.32. The molecule has 21 heavy (non-hydrogen) atoms. The normalized spacial score (nSPS) is 23.4. The number of aliphatic hydroxyl groups is 2. The quantitative estimate of drug-likeness (QED) is 0.539. The summed E-state index contributed by atoms with van der Waals surface area (Å²) < 4.78 is 0. The van der Waals surface area contributed by atoms with Crippen LogP contribution in [0.15, 0.2) is 0 Å². The summed E-state index contributed by atoms with van der Waals surface area (Å²) >= 11 is 0. The van der Waals surface area contributed by atoms with Crippen LogP contribution in [0.1, 0.15) is 33.1 Å². The number of hydrogen-bond donors (Lipinski definition) is 4. The summed E-state index contributed by atoms with van der Waals surface area (Å²) in [6, 6.07) is -0.300. The number of nitrogens with one attached hydrogen (secondary N) is 1. The number of amides is 2. The van der Waals surface area contributed by atoms with E-state index in [4.69, 9.17) is 5.11 Å². The molecule has 1 fully saturated rings. The first kappa shape index (κ1) is 17.7. The molecule has 0 aliphatic carbocycles. The molecule has 0 aromatic carbocycles. The van der Waals surface area contributed by atoms with Crippen molar-refractivity contribution in [2.24, 2.45) is 11.8 Å². The Balaban J connectivity index is 2.30. The van der Waals surface area contributed by atoms with Gasteiger partial charge >= 0.3 is 12.0 Å². The molecule has 0 aromatic heterocycles. The van der Waals surface area contributed by atoms with Crippen molar-refractivity contribution < 1.29 is 24.9 Å². The minimum atomic E-state index is -0.880. The summed E-state index contributed by atoms with van der Waals surface area (Å²) in [6.45, 7) is 4.83. The molecule has 3 atom stereocenters. The number of carbonyl (C=O) groups excluding carboxylic acids is 1. The van der Waals surface area contributed by atoms with Gasteiger partial charge in [0.1, 0.15) is 0 Å². The molecule has 1 saturated heterocycles. The molecule has 0 radical (unpaired) electrons. The van der Waals surface area contributed by atoms with Crippen LogP contribution in [0.4, 0.5) is 4.79 Å². The number of hydrogen-bond acceptors (Lipinski definition) is 4. The Kier molecular flexibility index (Phi) is 6.91. The maximum absolute atomic E-state index is 11.9. The van der Waals surface area contributed by atoms with Crippen LogP contribution in [0.5, 0.6) is 0 Å². The smallest absolute Gasteiger partial charge is 0.317 e. The van der Waals surface area contributed by atoms with Gasteiger partial charge in [-0.25, -0.2) is 4.79 Å². The maximum Gasteiger partial charge on any atom is 0.317 e. The average molecular weight is 302 g/mol. The van der Waals surface area contributed by atoms with Gasteiger partial charge in [0.15, 0.2) is 0 Å². The molecule has 1 aliphatic heterocycles. The lowest BCUT2D eigenvalue weighted by Crippen LogP contribution is -2.40. The van der Waals surface area contributed by atoms with Gasteiger partial charge in [-0.1, -0.05) is 13.8 Å². The van der Waals surface area contributed by atoms with Gasteiger partial charge in [0.05, 0.1) is 25.3 Å². The second-order valence-corrected chi connectivity index (χ2v) is 6.00. The van der Waals surface area contributed by atoms with Crippen molar-refractivity contribution in [2.75, 3.05) is 19.6 Å². The van der Waals surface area contributed by atoms with E-state index in [0.29, 0.717) is 18.9 Å². The van der Waals surface area contributed by atoms with E-state index < -0.39 is 18.2 Å². The molecule has 1 aliphatic rings. The van der Waals surface area contributed by atoms with Gasteiger partial charge in [-0.05, 0) is 24.7 Å². The van der Waals surface area contributed by atoms with Gasteiger partial charge in [-0.2, -0.15) is 0 Å². The van der Waals surface area contributed by atoms with Crippen molar-refractivity contribution in [1.29, 1.82) is 0 Å². The SMILES string of the molecule is CC(C)C(CCNC(=O)N1CC(O)C(O)C1)CCC(=O)O. The molecule has 0 saturated carbocycles. The van der Waals surface area contributed by atoms with Gasteiger partial charge in [-0.15, -0.1) is 0 Å². The van der Waals surface area contributed by atoms with Gasteiger partial charge in [0.25, 0.3) is 0 Å². The number of likely N-dealkylation sites (tertiary alicyclic amines) is 1. The minimum Gasteiger partial charge on any atom is -0.481 e. The van der Waals surface area contributed by atoms with Gasteiger partial charge in [0.2, 0.25) is 0 Å². The second kappa shape index (κ2) is 8.19. The van der Waals surface area contributed by atoms with E-state index in [1.54, 1.807) is 0 Å². The van der Waals surface area contributed by atoms with Crippen molar-refractivity contribution in [3.05, 3.63) is 0 Å². The van der Waals surface area contributed by atoms with Crippen molar-refractivity contribution in [3.63, 3.8) is 0 Å². The summed E-state index contributed by atoms with van der Waals surface area (Å²) in [5, 5.41) is 30.3. The second-order valence-electron chi connectivity index (χ2n) is 6.00. The molecule has 1 heterocycles. The summed E-state index contributed by atoms with van der Waals surface area (Å²) in [5.74, 6) is -0.197. The van der Waals surface area contributed by atoms with E-state index in [1.165, 1.54) is 4.90 Å². The third-order valence-corrected chi connectivity index (χ3v) is 4.01. The molecule has 7 nitrogen and oxygen atoms in total. The average Bonchev–Trinajstić information content (AvgIpc) is 2.72. The van der Waals surface area contributed by atoms with Crippen LogP contribution >= 0.6 is 0 Å². The molecule has 7 heteroatoms. The van der Waals surface area contributed by atoms with Crippen LogP contribution in [0.25, 0.3) is 0 Å². The van der Waals surface area contributed by atoms with Gasteiger partial charge in [0, 0.05) is 13.0 Å². The number of carboxylic acids is 1. The zero-order valence-electron chi connectivity index (χ0n) is 12.7. The topological polar surface area (TPSA) is 110 Å². The number of urea groups is 1. The summed E-state index contributed by atoms with van der Waals surface area (Å²) in [4.78, 5) is 23.9. The number of aliphatic carboxylic acids is 1. The molecule has 0 aromatic rings. The largest absolute Gasteiger partial charge is 0.481 e. The maximum atomic E-state index is 11.9. The first-order valence-corrected chi connectivity index (χ1v) is 7.42. The molecule has 1 rings (SSSR count). The fourth-order valence-electron chi connectivity index (χ4n) is 2.53. The van der Waals surface area contributed by atoms with Crippen LogP contribution in [-0.2, 0) is 4.79 Å². The molecule has 122 valence electrons. The van der Waals surface area contributed by atoms with Crippen molar-refractivity contribution >= 4 is 12.0 Å². The van der Waals surface area contributed by atoms with Crippen LogP contribution in [-0.4, -0.2) is 64.1 Å². The van der Waals surface area contributed by atoms with Crippen molar-refractivity contribution in [3.8, 4) is 0 Å². The minimum absolute atomic E-state index is 0.139. The Bertz CT molecular complexity index is 351. The van der Waals surface area contributed by atoms with Crippen LogP contribution in [0, 0.1) is 11.8 Å². The standard InChI is InChI=1S/C14H26N2O5/c1-9(2)10(3-4-13(19)20)5-6-15-14(21)16-7-11(17)12(18)8-16/h9-12,17-18H,3-8H2,1-2H3,(H,15,21)(H,19,20). The van der Waals surface area contributed by atoms with E-state index in [1.807, 2.05) is 13.8 Å². The number of aliphatic hydroxyl groups excluding tert-OH is 2. The van der Waals surface area contributed by atoms with E-state index in [9.17, 15) is 19.8 Å². The Morgan fingerprint density at radius 3 is 2.24 bits per heavy atom. The molecule has 0 bridgehead atoms. The Labute approximate surface area is 124 Å². The number of carbonyl (C=O) groups is 2. The Morgan fingerprint density at radius 2 is 1.76 bits per heavy atom. The predicted molar refractivity (Wildman–Crippen MR) is 76.8 cm³/mol. The van der Waals surface area contributed by atoms with Gasteiger partial charge < -0.3 is 25.5 Å².